The van der Waals surface area contributed by atoms with Crippen molar-refractivity contribution in [2.24, 2.45) is 94.7 Å². The van der Waals surface area contributed by atoms with Crippen LogP contribution in [0.15, 0.2) is 67.8 Å². The van der Waals surface area contributed by atoms with Crippen LogP contribution in [0.25, 0.3) is 16.4 Å². The average molecular weight is 1350 g/mol. The molecule has 2 fully saturated rings. The Morgan fingerprint density at radius 3 is 1.95 bits per heavy atom. The maximum Gasteiger partial charge on any atom is 0.472 e. The summed E-state index contributed by atoms with van der Waals surface area (Å²) in [6.45, 7) is 19.1. The molecule has 28 nitrogen and oxygen atoms in total. The Morgan fingerprint density at radius 1 is 0.783 bits per heavy atom. The smallest absolute Gasteiger partial charge is 0.472 e. The normalized spacial score (nSPS) is 33.5. The van der Waals surface area contributed by atoms with Crippen LogP contribution in [0.5, 0.6) is 0 Å². The van der Waals surface area contributed by atoms with Crippen LogP contribution in [-0.4, -0.2) is 138 Å². The number of nitrogens with zero attached hydrogens (tertiary/aromatic N) is 6. The summed E-state index contributed by atoms with van der Waals surface area (Å²) >= 11 is 0. The van der Waals surface area contributed by atoms with Crippen LogP contribution >= 0.6 is 7.82 Å². The zero-order chi connectivity index (χ0) is 66.7. The van der Waals surface area contributed by atoms with Crippen molar-refractivity contribution >= 4 is 77.3 Å². The molecule has 0 saturated carbocycles. The number of aliphatic hydroxyl groups is 2. The van der Waals surface area contributed by atoms with E-state index < -0.39 is 143 Å². The number of aliphatic imine (C=N–C) groups is 3. The molecule has 7 amide bonds. The summed E-state index contributed by atoms with van der Waals surface area (Å²) in [6.07, 6.45) is -4.47. The van der Waals surface area contributed by atoms with Gasteiger partial charge < -0.3 is 74.9 Å². The molecule has 2 saturated heterocycles. The number of ether oxygens (including phenoxy) is 1. The Bertz CT molecular complexity index is 3550. The Hall–Kier alpha value is -6.53. The largest absolute Gasteiger partial charge is 0.680 e. The number of amides is 7. The molecule has 8 rings (SSSR count). The van der Waals surface area contributed by atoms with Crippen LogP contribution in [0.4, 0.5) is 0 Å². The van der Waals surface area contributed by atoms with Crippen molar-refractivity contribution < 1.29 is 89.3 Å². The summed E-state index contributed by atoms with van der Waals surface area (Å²) in [7, 11) is -5.07. The fraction of sp³-hybridized carbons (Fsp3) is 0.629. The summed E-state index contributed by atoms with van der Waals surface area (Å²) in [4.78, 5) is 125. The number of hydrogen-bond donors (Lipinski definition) is 10. The van der Waals surface area contributed by atoms with E-state index in [0.717, 1.165) is 11.1 Å². The topological polar surface area (TPSA) is 494 Å². The second kappa shape index (κ2) is 27.8. The van der Waals surface area contributed by atoms with Gasteiger partial charge in [-0.05, 0) is 118 Å². The standard InChI is InChI=1S/C62H90N13O14P.Co.H2O/c1-29-20-39-40(21-30(29)2)75(28-70-39)57-52(84)53(41(27-76)87-57)89-90(85,86)88-31(3)26-69-49(83)18-19-59(8)37(22-46(66)80)56-62(11)61(10,25-48(68)82)36(14-17-45(65)79)51(74-62)33(5)55-60(9,24-47(67)81)34(12-15-43(63)77)38(71-55)23-42-58(6,7)35(13-16-44(64)78)50(72-42)32(4)54(59)73-56;;/h20-21,23,28,31,34-37,41,52-53,56-57,76,84H,12-19,22,24-27H2,1-11H3,(H15,63,64,65,66,67,68,69,71,72,73,74,77,78,79,80,81,82,83,85,86);;1H2/p-1/t31?,34-,35-,36-,37+,41?,52?,53?,56?,57?,59-,60+,61+,62+;;/m1../s1. The van der Waals surface area contributed by atoms with Gasteiger partial charge in [0.1, 0.15) is 18.3 Å². The summed E-state index contributed by atoms with van der Waals surface area (Å²) in [6, 6.07) is 2.68. The molecule has 1 aromatic carbocycles. The second-order valence-electron chi connectivity index (χ2n) is 27.0. The van der Waals surface area contributed by atoms with E-state index in [1.165, 1.54) is 13.3 Å². The number of aliphatic hydroxyl groups excluding tert-OH is 2. The van der Waals surface area contributed by atoms with E-state index in [-0.39, 0.29) is 99.4 Å². The third-order valence-electron chi connectivity index (χ3n) is 20.5. The van der Waals surface area contributed by atoms with E-state index in [4.69, 9.17) is 68.5 Å². The number of hydrogen-bond acceptors (Lipinski definition) is 17. The van der Waals surface area contributed by atoms with E-state index in [2.05, 4.69) is 10.3 Å². The van der Waals surface area contributed by atoms with Gasteiger partial charge in [-0.25, -0.2) is 9.55 Å². The predicted octanol–water partition coefficient (Wildman–Crippen LogP) is 3.12. The molecular formula is C62H91CoN13O15P-. The maximum absolute atomic E-state index is 14.4. The fourth-order valence-electron chi connectivity index (χ4n) is 15.3. The van der Waals surface area contributed by atoms with E-state index in [0.29, 0.717) is 56.4 Å². The fourth-order valence-corrected chi connectivity index (χ4v) is 16.5. The van der Waals surface area contributed by atoms with Crippen LogP contribution in [0.2, 0.25) is 0 Å². The minimum absolute atomic E-state index is 0. The number of phosphoric acid groups is 1. The number of carbonyl (C=O) groups excluding carboxylic acids is 7. The van der Waals surface area contributed by atoms with Crippen LogP contribution in [0.1, 0.15) is 150 Å². The van der Waals surface area contributed by atoms with Crippen molar-refractivity contribution in [2.45, 2.75) is 189 Å². The molecule has 6 aliphatic rings. The van der Waals surface area contributed by atoms with Crippen LogP contribution in [0, 0.1) is 59.2 Å². The van der Waals surface area contributed by atoms with Gasteiger partial charge in [0.05, 0.1) is 30.1 Å². The van der Waals surface area contributed by atoms with Crippen LogP contribution < -0.4 is 39.7 Å². The number of nitrogens with one attached hydrogen (secondary N) is 1. The van der Waals surface area contributed by atoms with Gasteiger partial charge in [0.25, 0.3) is 0 Å². The molecule has 0 spiro atoms. The minimum atomic E-state index is -5.07. The Morgan fingerprint density at radius 2 is 1.37 bits per heavy atom. The summed E-state index contributed by atoms with van der Waals surface area (Å²) in [5, 5.41) is 30.2. The monoisotopic (exact) mass is 1350 g/mol. The number of phosphoric ester groups is 1. The van der Waals surface area contributed by atoms with Crippen LogP contribution in [-0.2, 0) is 68.7 Å². The third kappa shape index (κ3) is 14.1. The first-order valence-corrected chi connectivity index (χ1v) is 32.0. The SMILES string of the molecule is C/C1=C2N=C(/C=C3N=C(/C(C)=C4/[N-][C@@](C)(C5N=C1[C@](C)(CCC(=O)NCC(C)OP(=O)(O)OC1C(CO)OC(n6cnc7cc(C)c(C)cc76)C1O)[C@H]5CC(N)=O)[C@@](C)(CC(N)=O)[C@@H]4CCC(N)=O)[C@@](C)(CC(N)=O)[C@@H]/3CCC(N)=O)C(C)(C)[C@@H]\2CCC(N)=O.O.[Co]. The van der Waals surface area contributed by atoms with E-state index in [1.54, 1.807) is 11.5 Å². The molecule has 15 atom stereocenters. The first-order valence-electron chi connectivity index (χ1n) is 30.5. The van der Waals surface area contributed by atoms with Crippen molar-refractivity contribution in [2.75, 3.05) is 13.2 Å². The molecule has 7 heterocycles. The molecular weight excluding hydrogens is 1260 g/mol. The van der Waals surface area contributed by atoms with E-state index >= 15 is 0 Å². The maximum atomic E-state index is 14.4. The molecule has 7 unspecified atom stereocenters. The molecule has 1 radical (unpaired) electrons. The number of imidazole rings is 1. The number of primary amides is 6. The number of fused-ring (bicyclic) bond motifs is 7. The third-order valence-corrected chi connectivity index (χ3v) is 21.6. The molecule has 18 N–H and O–H groups in total. The zero-order valence-corrected chi connectivity index (χ0v) is 56.0. The van der Waals surface area contributed by atoms with Crippen LogP contribution in [0.3, 0.4) is 0 Å². The number of carbonyl (C=O) groups is 7. The van der Waals surface area contributed by atoms with Gasteiger partial charge in [-0.1, -0.05) is 47.1 Å². The van der Waals surface area contributed by atoms with Crippen molar-refractivity contribution in [1.29, 1.82) is 0 Å². The quantitative estimate of drug-likeness (QED) is 0.0605. The van der Waals surface area contributed by atoms with Gasteiger partial charge in [-0.2, -0.15) is 5.70 Å². The molecule has 2 aromatic rings. The minimum Gasteiger partial charge on any atom is -0.680 e. The summed E-state index contributed by atoms with van der Waals surface area (Å²) in [5.41, 5.74) is 36.8. The van der Waals surface area contributed by atoms with Crippen molar-refractivity contribution in [3.8, 4) is 0 Å². The number of rotatable bonds is 26. The van der Waals surface area contributed by atoms with E-state index in [9.17, 15) is 53.2 Å². The molecule has 92 heavy (non-hydrogen) atoms. The van der Waals surface area contributed by atoms with Gasteiger partial charge in [-0.3, -0.25) is 57.6 Å². The zero-order valence-electron chi connectivity index (χ0n) is 54.0. The van der Waals surface area contributed by atoms with Crippen molar-refractivity contribution in [3.05, 3.63) is 69.2 Å². The summed E-state index contributed by atoms with van der Waals surface area (Å²) < 4.78 is 32.3. The Labute approximate surface area is 545 Å². The second-order valence-corrected chi connectivity index (χ2v) is 28.4. The van der Waals surface area contributed by atoms with Crippen molar-refractivity contribution in [1.82, 2.24) is 14.9 Å². The predicted molar refractivity (Wildman–Crippen MR) is 337 cm³/mol. The average Bonchev–Trinajstić information content (AvgIpc) is 1.53. The van der Waals surface area contributed by atoms with Gasteiger partial charge in [-0.15, -0.1) is 0 Å². The first kappa shape index (κ1) is 74.5. The van der Waals surface area contributed by atoms with E-state index in [1.807, 2.05) is 80.5 Å². The summed E-state index contributed by atoms with van der Waals surface area (Å²) in [5.74, 6) is -7.34. The Kier molecular flexibility index (Phi) is 22.5. The van der Waals surface area contributed by atoms with Gasteiger partial charge in [0.15, 0.2) is 6.23 Å². The molecule has 30 heteroatoms. The number of allylic oxidation sites excluding steroid dienone is 6. The number of nitrogens with two attached hydrogens (primary N) is 6. The molecule has 0 aliphatic carbocycles. The molecule has 1 aromatic heterocycles. The number of aromatic nitrogens is 2. The van der Waals surface area contributed by atoms with Crippen molar-refractivity contribution in [3.63, 3.8) is 0 Å². The van der Waals surface area contributed by atoms with Gasteiger partial charge in [0, 0.05) is 131 Å². The molecule has 8 bridgehead atoms. The Balaban J connectivity index is 0.00000672. The van der Waals surface area contributed by atoms with Gasteiger partial charge >= 0.3 is 7.82 Å². The number of aryl methyl sites for hydroxylation is 2. The molecule has 509 valence electrons. The first-order chi connectivity index (χ1) is 41.8. The number of benzene rings is 1. The molecule has 6 aliphatic heterocycles. The van der Waals surface area contributed by atoms with Gasteiger partial charge in [0.2, 0.25) is 41.4 Å².